The van der Waals surface area contributed by atoms with Gasteiger partial charge in [-0.1, -0.05) is 76.6 Å². The Bertz CT molecular complexity index is 870. The highest BCUT2D eigenvalue weighted by Gasteiger charge is 2.11. The van der Waals surface area contributed by atoms with Crippen molar-refractivity contribution in [1.29, 1.82) is 0 Å². The topological polar surface area (TPSA) is 43.1 Å². The number of nitrogens with zero attached hydrogens (tertiary/aromatic N) is 4. The van der Waals surface area contributed by atoms with Gasteiger partial charge in [0.25, 0.3) is 0 Å². The number of aromatic nitrogens is 3. The predicted octanol–water partition coefficient (Wildman–Crippen LogP) is 5.48. The zero-order valence-corrected chi connectivity index (χ0v) is 17.3. The summed E-state index contributed by atoms with van der Waals surface area (Å²) in [6, 6.07) is 16.6. The van der Waals surface area contributed by atoms with Crippen LogP contribution >= 0.6 is 27.7 Å². The molecule has 2 aromatic carbocycles. The van der Waals surface area contributed by atoms with Crippen LogP contribution in [-0.2, 0) is 12.2 Å². The smallest absolute Gasteiger partial charge is 0.191 e. The van der Waals surface area contributed by atoms with Crippen LogP contribution in [0.1, 0.15) is 35.9 Å². The maximum atomic E-state index is 4.65. The molecule has 4 nitrogen and oxygen atoms in total. The van der Waals surface area contributed by atoms with Gasteiger partial charge in [0.1, 0.15) is 0 Å². The van der Waals surface area contributed by atoms with E-state index in [1.165, 1.54) is 11.1 Å². The van der Waals surface area contributed by atoms with Gasteiger partial charge in [-0.05, 0) is 36.6 Å². The van der Waals surface area contributed by atoms with E-state index in [1.54, 1.807) is 11.8 Å². The highest BCUT2D eigenvalue weighted by molar-refractivity contribution is 9.10. The van der Waals surface area contributed by atoms with E-state index in [0.717, 1.165) is 39.6 Å². The first-order valence-corrected chi connectivity index (χ1v) is 10.4. The molecule has 0 unspecified atom stereocenters. The molecule has 134 valence electrons. The summed E-state index contributed by atoms with van der Waals surface area (Å²) >= 11 is 5.12. The van der Waals surface area contributed by atoms with Gasteiger partial charge in [-0.3, -0.25) is 0 Å². The van der Waals surface area contributed by atoms with Crippen LogP contribution < -0.4 is 0 Å². The lowest BCUT2D eigenvalue weighted by Gasteiger charge is -2.04. The second-order valence-corrected chi connectivity index (χ2v) is 7.89. The molecule has 0 aliphatic heterocycles. The molecule has 0 atom stereocenters. The number of benzene rings is 2. The average Bonchev–Trinajstić information content (AvgIpc) is 3.03. The van der Waals surface area contributed by atoms with Gasteiger partial charge in [0.2, 0.25) is 5.16 Å². The molecule has 6 heteroatoms. The molecule has 1 heterocycles. The molecule has 0 aliphatic carbocycles. The maximum Gasteiger partial charge on any atom is 0.212 e. The molecule has 0 saturated heterocycles. The lowest BCUT2D eigenvalue weighted by atomic mass is 10.2. The molecule has 0 fully saturated rings. The summed E-state index contributed by atoms with van der Waals surface area (Å²) in [5.41, 5.74) is 3.55. The first-order chi connectivity index (χ1) is 12.7. The molecule has 26 heavy (non-hydrogen) atoms. The number of halogens is 1. The van der Waals surface area contributed by atoms with Crippen LogP contribution in [-0.4, -0.2) is 21.1 Å². The minimum Gasteiger partial charge on any atom is -0.191 e. The molecular formula is C20H21BrN4S. The van der Waals surface area contributed by atoms with E-state index < -0.39 is 0 Å². The summed E-state index contributed by atoms with van der Waals surface area (Å²) in [4.78, 5) is 0. The van der Waals surface area contributed by atoms with E-state index in [-0.39, 0.29) is 0 Å². The van der Waals surface area contributed by atoms with Crippen molar-refractivity contribution in [1.82, 2.24) is 14.9 Å². The van der Waals surface area contributed by atoms with Crippen molar-refractivity contribution in [3.8, 4) is 0 Å². The highest BCUT2D eigenvalue weighted by Crippen LogP contribution is 2.23. The van der Waals surface area contributed by atoms with Crippen molar-refractivity contribution in [2.45, 2.75) is 37.6 Å². The summed E-state index contributed by atoms with van der Waals surface area (Å²) in [5, 5.41) is 14.1. The molecule has 0 aliphatic rings. The fourth-order valence-corrected chi connectivity index (χ4v) is 3.51. The predicted molar refractivity (Wildman–Crippen MR) is 112 cm³/mol. The lowest BCUT2D eigenvalue weighted by molar-refractivity contribution is 0.700. The maximum absolute atomic E-state index is 4.65. The van der Waals surface area contributed by atoms with Crippen molar-refractivity contribution in [3.63, 3.8) is 0 Å². The van der Waals surface area contributed by atoms with Gasteiger partial charge in [-0.2, -0.15) is 9.78 Å². The first kappa shape index (κ1) is 18.9. The number of aryl methyl sites for hydroxylation is 2. The van der Waals surface area contributed by atoms with Crippen molar-refractivity contribution in [2.75, 3.05) is 0 Å². The monoisotopic (exact) mass is 428 g/mol. The normalized spacial score (nSPS) is 11.3. The van der Waals surface area contributed by atoms with Crippen LogP contribution in [0.3, 0.4) is 0 Å². The second kappa shape index (κ2) is 9.14. The van der Waals surface area contributed by atoms with Crippen LogP contribution in [0.4, 0.5) is 0 Å². The Kier molecular flexibility index (Phi) is 6.63. The van der Waals surface area contributed by atoms with Gasteiger partial charge in [0, 0.05) is 16.6 Å². The van der Waals surface area contributed by atoms with E-state index in [4.69, 9.17) is 0 Å². The Morgan fingerprint density at radius 1 is 1.08 bits per heavy atom. The molecule has 0 radical (unpaired) electrons. The number of rotatable bonds is 7. The molecular weight excluding hydrogens is 408 g/mol. The third kappa shape index (κ3) is 5.05. The molecule has 0 spiro atoms. The van der Waals surface area contributed by atoms with Gasteiger partial charge in [0.05, 0.1) is 6.21 Å². The Hall–Kier alpha value is -1.92. The standard InChI is InChI=1S/C20H21BrN4S/c1-3-4-19-23-24-20(26-14-17-9-11-18(21)12-10-17)25(19)22-13-16-7-5-15(2)6-8-16/h5-13H,3-4,14H2,1-2H3/b22-13-. The zero-order chi connectivity index (χ0) is 18.4. The second-order valence-electron chi connectivity index (χ2n) is 6.03. The van der Waals surface area contributed by atoms with Crippen LogP contribution in [0.15, 0.2) is 63.3 Å². The van der Waals surface area contributed by atoms with E-state index in [2.05, 4.69) is 93.6 Å². The van der Waals surface area contributed by atoms with Crippen molar-refractivity contribution in [2.24, 2.45) is 5.10 Å². The summed E-state index contributed by atoms with van der Waals surface area (Å²) in [5.74, 6) is 1.73. The lowest BCUT2D eigenvalue weighted by Crippen LogP contribution is -2.00. The minimum atomic E-state index is 0.819. The summed E-state index contributed by atoms with van der Waals surface area (Å²) < 4.78 is 2.95. The van der Waals surface area contributed by atoms with Crippen molar-refractivity contribution < 1.29 is 0 Å². The fourth-order valence-electron chi connectivity index (χ4n) is 2.39. The SMILES string of the molecule is CCCc1nnc(SCc2ccc(Br)cc2)n1/N=C\c1ccc(C)cc1. The number of hydrogen-bond donors (Lipinski definition) is 0. The fraction of sp³-hybridized carbons (Fsp3) is 0.250. The largest absolute Gasteiger partial charge is 0.212 e. The summed E-state index contributed by atoms with van der Waals surface area (Å²) in [6.45, 7) is 4.22. The first-order valence-electron chi connectivity index (χ1n) is 8.58. The molecule has 0 N–H and O–H groups in total. The number of thioether (sulfide) groups is 1. The molecule has 3 rings (SSSR count). The van der Waals surface area contributed by atoms with E-state index in [0.29, 0.717) is 0 Å². The Morgan fingerprint density at radius 3 is 2.50 bits per heavy atom. The number of hydrogen-bond acceptors (Lipinski definition) is 4. The average molecular weight is 429 g/mol. The van der Waals surface area contributed by atoms with Gasteiger partial charge >= 0.3 is 0 Å². The van der Waals surface area contributed by atoms with Gasteiger partial charge < -0.3 is 0 Å². The Morgan fingerprint density at radius 2 is 1.81 bits per heavy atom. The molecule has 0 amide bonds. The Balaban J connectivity index is 1.79. The van der Waals surface area contributed by atoms with E-state index in [9.17, 15) is 0 Å². The summed E-state index contributed by atoms with van der Waals surface area (Å²) in [7, 11) is 0. The van der Waals surface area contributed by atoms with Crippen LogP contribution in [0.25, 0.3) is 0 Å². The Labute approximate surface area is 166 Å². The van der Waals surface area contributed by atoms with Crippen LogP contribution in [0, 0.1) is 6.92 Å². The zero-order valence-electron chi connectivity index (χ0n) is 14.9. The summed E-state index contributed by atoms with van der Waals surface area (Å²) in [6.07, 6.45) is 3.73. The van der Waals surface area contributed by atoms with E-state index in [1.807, 2.05) is 10.9 Å². The van der Waals surface area contributed by atoms with Crippen molar-refractivity contribution in [3.05, 3.63) is 75.5 Å². The van der Waals surface area contributed by atoms with Crippen LogP contribution in [0.2, 0.25) is 0 Å². The van der Waals surface area contributed by atoms with Gasteiger partial charge in [0.15, 0.2) is 5.82 Å². The highest BCUT2D eigenvalue weighted by atomic mass is 79.9. The third-order valence-corrected chi connectivity index (χ3v) is 5.35. The van der Waals surface area contributed by atoms with Crippen LogP contribution in [0.5, 0.6) is 0 Å². The van der Waals surface area contributed by atoms with Gasteiger partial charge in [-0.15, -0.1) is 10.2 Å². The van der Waals surface area contributed by atoms with Crippen molar-refractivity contribution >= 4 is 33.9 Å². The quantitative estimate of drug-likeness (QED) is 0.369. The molecule has 0 bridgehead atoms. The molecule has 1 aromatic heterocycles. The molecule has 0 saturated carbocycles. The minimum absolute atomic E-state index is 0.819. The van der Waals surface area contributed by atoms with Gasteiger partial charge in [-0.25, -0.2) is 0 Å². The molecule has 3 aromatic rings. The third-order valence-electron chi connectivity index (χ3n) is 3.83. The van der Waals surface area contributed by atoms with E-state index >= 15 is 0 Å².